The predicted octanol–water partition coefficient (Wildman–Crippen LogP) is 2.24. The Balaban J connectivity index is 1.58. The van der Waals surface area contributed by atoms with Gasteiger partial charge < -0.3 is 19.3 Å². The van der Waals surface area contributed by atoms with E-state index in [1.807, 2.05) is 30.3 Å². The molecule has 0 spiro atoms. The van der Waals surface area contributed by atoms with Gasteiger partial charge in [-0.15, -0.1) is 0 Å². The summed E-state index contributed by atoms with van der Waals surface area (Å²) in [7, 11) is -4.02. The second-order valence-electron chi connectivity index (χ2n) is 6.69. The van der Waals surface area contributed by atoms with Crippen LogP contribution < -0.4 is 19.5 Å². The number of nitrogens with one attached hydrogen (secondary N) is 2. The molecule has 0 aliphatic carbocycles. The molecule has 1 aromatic heterocycles. The number of hydrogen-bond donors (Lipinski definition) is 2. The van der Waals surface area contributed by atoms with Crippen LogP contribution in [-0.2, 0) is 21.2 Å². The van der Waals surface area contributed by atoms with Crippen molar-refractivity contribution in [3.8, 4) is 11.5 Å². The third-order valence-electron chi connectivity index (χ3n) is 4.43. The number of aromatic nitrogens is 1. The standard InChI is InChI=1S/C20H19N3O6S/c1-13-9-19(22-29-13)21-20(24)16(10-14-5-3-2-4-6-14)23-30(25,26)15-7-8-17-18(11-15)28-12-27-17/h2-9,11,16,23H,10,12H2,1H3,(H,21,22,24). The van der Waals surface area contributed by atoms with Crippen molar-refractivity contribution in [1.29, 1.82) is 0 Å². The Labute approximate surface area is 173 Å². The average Bonchev–Trinajstić information content (AvgIpc) is 3.36. The van der Waals surface area contributed by atoms with Gasteiger partial charge in [0.15, 0.2) is 17.3 Å². The van der Waals surface area contributed by atoms with Gasteiger partial charge in [-0.2, -0.15) is 4.72 Å². The van der Waals surface area contributed by atoms with Crippen LogP contribution in [0.25, 0.3) is 0 Å². The second-order valence-corrected chi connectivity index (χ2v) is 8.40. The van der Waals surface area contributed by atoms with E-state index in [4.69, 9.17) is 14.0 Å². The van der Waals surface area contributed by atoms with Gasteiger partial charge in [0.2, 0.25) is 22.7 Å². The molecule has 30 heavy (non-hydrogen) atoms. The van der Waals surface area contributed by atoms with E-state index in [1.165, 1.54) is 18.2 Å². The Kier molecular flexibility index (Phi) is 5.42. The van der Waals surface area contributed by atoms with Gasteiger partial charge in [0.05, 0.1) is 4.90 Å². The zero-order chi connectivity index (χ0) is 21.1. The van der Waals surface area contributed by atoms with Crippen molar-refractivity contribution in [3.05, 3.63) is 65.9 Å². The highest BCUT2D eigenvalue weighted by Gasteiger charge is 2.28. The summed E-state index contributed by atoms with van der Waals surface area (Å²) in [5.41, 5.74) is 0.794. The van der Waals surface area contributed by atoms with Crippen molar-refractivity contribution in [2.45, 2.75) is 24.3 Å². The van der Waals surface area contributed by atoms with Crippen LogP contribution in [0.15, 0.2) is 64.0 Å². The number of hydrogen-bond acceptors (Lipinski definition) is 7. The predicted molar refractivity (Wildman–Crippen MR) is 107 cm³/mol. The second kappa shape index (κ2) is 8.17. The molecule has 0 radical (unpaired) electrons. The third-order valence-corrected chi connectivity index (χ3v) is 5.90. The van der Waals surface area contributed by atoms with Crippen molar-refractivity contribution in [2.75, 3.05) is 12.1 Å². The van der Waals surface area contributed by atoms with Crippen molar-refractivity contribution in [3.63, 3.8) is 0 Å². The molecule has 0 bridgehead atoms. The molecule has 2 heterocycles. The summed E-state index contributed by atoms with van der Waals surface area (Å²) in [5.74, 6) is 0.967. The Morgan fingerprint density at radius 1 is 1.10 bits per heavy atom. The molecule has 0 saturated heterocycles. The molecule has 1 unspecified atom stereocenters. The fraction of sp³-hybridized carbons (Fsp3) is 0.200. The number of ether oxygens (including phenoxy) is 2. The van der Waals surface area contributed by atoms with Crippen LogP contribution in [0.3, 0.4) is 0 Å². The van der Waals surface area contributed by atoms with Crippen LogP contribution in [0.5, 0.6) is 11.5 Å². The molecular formula is C20H19N3O6S. The van der Waals surface area contributed by atoms with Gasteiger partial charge in [-0.25, -0.2) is 8.42 Å². The fourth-order valence-corrected chi connectivity index (χ4v) is 4.19. The first-order chi connectivity index (χ1) is 14.4. The Hall–Kier alpha value is -3.37. The number of rotatable bonds is 7. The Morgan fingerprint density at radius 3 is 2.60 bits per heavy atom. The Morgan fingerprint density at radius 2 is 1.87 bits per heavy atom. The third kappa shape index (κ3) is 4.44. The van der Waals surface area contributed by atoms with E-state index in [1.54, 1.807) is 13.0 Å². The highest BCUT2D eigenvalue weighted by molar-refractivity contribution is 7.89. The van der Waals surface area contributed by atoms with E-state index >= 15 is 0 Å². The number of carbonyl (C=O) groups is 1. The van der Waals surface area contributed by atoms with E-state index in [9.17, 15) is 13.2 Å². The normalized spacial score (nSPS) is 13.8. The fourth-order valence-electron chi connectivity index (χ4n) is 2.98. The molecule has 156 valence electrons. The summed E-state index contributed by atoms with van der Waals surface area (Å²) < 4.78 is 43.8. The highest BCUT2D eigenvalue weighted by atomic mass is 32.2. The molecule has 2 N–H and O–H groups in total. The number of fused-ring (bicyclic) bond motifs is 1. The average molecular weight is 429 g/mol. The lowest BCUT2D eigenvalue weighted by atomic mass is 10.1. The first-order valence-electron chi connectivity index (χ1n) is 9.11. The minimum Gasteiger partial charge on any atom is -0.454 e. The molecule has 0 saturated carbocycles. The number of anilines is 1. The summed E-state index contributed by atoms with van der Waals surface area (Å²) >= 11 is 0. The maximum Gasteiger partial charge on any atom is 0.244 e. The molecule has 2 aromatic carbocycles. The van der Waals surface area contributed by atoms with Gasteiger partial charge >= 0.3 is 0 Å². The smallest absolute Gasteiger partial charge is 0.244 e. The van der Waals surface area contributed by atoms with Gasteiger partial charge in [0, 0.05) is 12.1 Å². The minimum atomic E-state index is -4.02. The molecule has 1 atom stereocenters. The number of nitrogens with zero attached hydrogens (tertiary/aromatic N) is 1. The monoisotopic (exact) mass is 429 g/mol. The molecule has 1 amide bonds. The summed E-state index contributed by atoms with van der Waals surface area (Å²) in [4.78, 5) is 12.8. The van der Waals surface area contributed by atoms with Crippen molar-refractivity contribution in [1.82, 2.24) is 9.88 Å². The first kappa shape index (κ1) is 19.9. The molecule has 1 aliphatic heterocycles. The number of sulfonamides is 1. The Bertz CT molecular complexity index is 1160. The molecule has 10 heteroatoms. The maximum absolute atomic E-state index is 13.0. The lowest BCUT2D eigenvalue weighted by molar-refractivity contribution is -0.117. The molecule has 9 nitrogen and oxygen atoms in total. The summed E-state index contributed by atoms with van der Waals surface area (Å²) in [6.07, 6.45) is 0.146. The highest BCUT2D eigenvalue weighted by Crippen LogP contribution is 2.33. The van der Waals surface area contributed by atoms with Gasteiger partial charge in [0.25, 0.3) is 0 Å². The van der Waals surface area contributed by atoms with E-state index in [0.717, 1.165) is 5.56 Å². The number of benzene rings is 2. The first-order valence-corrected chi connectivity index (χ1v) is 10.6. The molecule has 1 aliphatic rings. The van der Waals surface area contributed by atoms with Gasteiger partial charge in [-0.05, 0) is 31.0 Å². The number of aryl methyl sites for hydroxylation is 1. The maximum atomic E-state index is 13.0. The lowest BCUT2D eigenvalue weighted by Crippen LogP contribution is -2.45. The van der Waals surface area contributed by atoms with Crippen LogP contribution >= 0.6 is 0 Å². The lowest BCUT2D eigenvalue weighted by Gasteiger charge is -2.18. The van der Waals surface area contributed by atoms with Gasteiger partial charge in [-0.1, -0.05) is 35.5 Å². The largest absolute Gasteiger partial charge is 0.454 e. The molecular weight excluding hydrogens is 410 g/mol. The van der Waals surface area contributed by atoms with E-state index in [0.29, 0.717) is 17.3 Å². The van der Waals surface area contributed by atoms with Crippen LogP contribution in [0, 0.1) is 6.92 Å². The van der Waals surface area contributed by atoms with Crippen LogP contribution in [0.2, 0.25) is 0 Å². The molecule has 3 aromatic rings. The zero-order valence-corrected chi connectivity index (χ0v) is 16.8. The molecule has 4 rings (SSSR count). The topological polar surface area (TPSA) is 120 Å². The number of amides is 1. The van der Waals surface area contributed by atoms with Gasteiger partial charge in [-0.3, -0.25) is 4.79 Å². The minimum absolute atomic E-state index is 0.0302. The zero-order valence-electron chi connectivity index (χ0n) is 16.0. The van der Waals surface area contributed by atoms with Crippen LogP contribution in [0.4, 0.5) is 5.82 Å². The summed E-state index contributed by atoms with van der Waals surface area (Å²) in [5, 5.41) is 6.31. The molecule has 0 fully saturated rings. The van der Waals surface area contributed by atoms with Gasteiger partial charge in [0.1, 0.15) is 11.8 Å². The van der Waals surface area contributed by atoms with E-state index in [2.05, 4.69) is 15.2 Å². The SMILES string of the molecule is Cc1cc(NC(=O)C(Cc2ccccc2)NS(=O)(=O)c2ccc3c(c2)OCO3)no1. The quantitative estimate of drug-likeness (QED) is 0.591. The summed E-state index contributed by atoms with van der Waals surface area (Å²) in [6, 6.07) is 13.8. The van der Waals surface area contributed by atoms with Crippen LogP contribution in [0.1, 0.15) is 11.3 Å². The number of carbonyl (C=O) groups excluding carboxylic acids is 1. The van der Waals surface area contributed by atoms with Crippen molar-refractivity contribution < 1.29 is 27.2 Å². The van der Waals surface area contributed by atoms with E-state index < -0.39 is 22.0 Å². The van der Waals surface area contributed by atoms with E-state index in [-0.39, 0.29) is 23.9 Å². The van der Waals surface area contributed by atoms with Crippen molar-refractivity contribution >= 4 is 21.7 Å². The van der Waals surface area contributed by atoms with Crippen molar-refractivity contribution in [2.24, 2.45) is 0 Å². The van der Waals surface area contributed by atoms with Crippen LogP contribution in [-0.4, -0.2) is 32.3 Å². The summed E-state index contributed by atoms with van der Waals surface area (Å²) in [6.45, 7) is 1.72.